The third-order valence-corrected chi connectivity index (χ3v) is 3.05. The van der Waals surface area contributed by atoms with Crippen LogP contribution in [0.1, 0.15) is 16.1 Å². The number of para-hydroxylation sites is 1. The summed E-state index contributed by atoms with van der Waals surface area (Å²) in [5.74, 6) is 4.42. The average molecular weight is 278 g/mol. The van der Waals surface area contributed by atoms with Crippen molar-refractivity contribution in [3.05, 3.63) is 63.0 Å². The van der Waals surface area contributed by atoms with Crippen LogP contribution in [-0.4, -0.2) is 10.5 Å². The Morgan fingerprint density at radius 3 is 2.68 bits per heavy atom. The van der Waals surface area contributed by atoms with Crippen molar-refractivity contribution >= 4 is 17.5 Å². The monoisotopic (exact) mass is 277 g/mol. The molecule has 0 atom stereocenters. The van der Waals surface area contributed by atoms with Crippen LogP contribution < -0.4 is 16.7 Å². The molecule has 1 aromatic carbocycles. The Bertz CT molecular complexity index is 695. The molecule has 3 N–H and O–H groups in total. The molecule has 2 aromatic rings. The van der Waals surface area contributed by atoms with Crippen molar-refractivity contribution < 1.29 is 4.79 Å². The number of aryl methyl sites for hydroxylation is 1. The second kappa shape index (κ2) is 5.26. The molecule has 0 saturated heterocycles. The lowest BCUT2D eigenvalue weighted by Gasteiger charge is -2.13. The smallest absolute Gasteiger partial charge is 0.270 e. The second-order valence-corrected chi connectivity index (χ2v) is 4.39. The van der Waals surface area contributed by atoms with Crippen LogP contribution in [0.4, 0.5) is 0 Å². The molecular formula is C13H12ClN3O2. The predicted octanol–water partition coefficient (Wildman–Crippen LogP) is 1.40. The topological polar surface area (TPSA) is 77.1 Å². The molecule has 0 aliphatic rings. The van der Waals surface area contributed by atoms with Crippen LogP contribution >= 0.6 is 11.6 Å². The maximum Gasteiger partial charge on any atom is 0.270 e. The first-order valence-corrected chi connectivity index (χ1v) is 5.91. The number of carbonyl (C=O) groups is 1. The van der Waals surface area contributed by atoms with Crippen LogP contribution in [0.3, 0.4) is 0 Å². The number of nitrogens with one attached hydrogen (secondary N) is 1. The zero-order valence-corrected chi connectivity index (χ0v) is 10.9. The Morgan fingerprint density at radius 2 is 2.05 bits per heavy atom. The van der Waals surface area contributed by atoms with Crippen molar-refractivity contribution in [2.24, 2.45) is 5.84 Å². The Hall–Kier alpha value is -2.11. The third-order valence-electron chi connectivity index (χ3n) is 2.73. The molecule has 2 rings (SSSR count). The summed E-state index contributed by atoms with van der Waals surface area (Å²) in [6, 6.07) is 8.52. The fraction of sp³-hybridized carbons (Fsp3) is 0.0769. The van der Waals surface area contributed by atoms with Crippen LogP contribution in [0.2, 0.25) is 5.02 Å². The van der Waals surface area contributed by atoms with Gasteiger partial charge in [0.05, 0.1) is 10.7 Å². The van der Waals surface area contributed by atoms with E-state index in [0.717, 1.165) is 0 Å². The molecule has 0 fully saturated rings. The minimum Gasteiger partial charge on any atom is -0.319 e. The van der Waals surface area contributed by atoms with Gasteiger partial charge < -0.3 is 4.57 Å². The molecule has 0 aliphatic heterocycles. The van der Waals surface area contributed by atoms with Gasteiger partial charge in [-0.3, -0.25) is 15.0 Å². The van der Waals surface area contributed by atoms with Crippen LogP contribution in [0.25, 0.3) is 5.69 Å². The molecule has 98 valence electrons. The summed E-state index contributed by atoms with van der Waals surface area (Å²) in [6.45, 7) is 1.76. The first-order valence-electron chi connectivity index (χ1n) is 5.53. The number of hydrogen-bond donors (Lipinski definition) is 2. The highest BCUT2D eigenvalue weighted by atomic mass is 35.5. The molecule has 0 unspecified atom stereocenters. The number of rotatable bonds is 2. The van der Waals surface area contributed by atoms with Crippen molar-refractivity contribution in [2.45, 2.75) is 6.92 Å². The number of nitrogen functional groups attached to an aromatic ring is 1. The zero-order chi connectivity index (χ0) is 14.0. The number of nitrogens with two attached hydrogens (primary N) is 1. The SMILES string of the molecule is Cc1cc(=O)c(C(=O)NN)cn1-c1ccccc1Cl. The highest BCUT2D eigenvalue weighted by Gasteiger charge is 2.12. The van der Waals surface area contributed by atoms with Gasteiger partial charge in [-0.05, 0) is 19.1 Å². The Balaban J connectivity index is 2.68. The molecule has 0 radical (unpaired) electrons. The van der Waals surface area contributed by atoms with E-state index in [4.69, 9.17) is 17.4 Å². The lowest BCUT2D eigenvalue weighted by molar-refractivity contribution is 0.0952. The molecule has 6 heteroatoms. The molecule has 1 heterocycles. The summed E-state index contributed by atoms with van der Waals surface area (Å²) in [5.41, 5.74) is 2.89. The summed E-state index contributed by atoms with van der Waals surface area (Å²) in [6.07, 6.45) is 1.43. The zero-order valence-electron chi connectivity index (χ0n) is 10.2. The summed E-state index contributed by atoms with van der Waals surface area (Å²) >= 11 is 6.11. The Labute approximate surface area is 114 Å². The number of aromatic nitrogens is 1. The number of benzene rings is 1. The van der Waals surface area contributed by atoms with Gasteiger partial charge in [0.25, 0.3) is 5.91 Å². The van der Waals surface area contributed by atoms with Crippen molar-refractivity contribution in [1.29, 1.82) is 0 Å². The molecule has 0 aliphatic carbocycles. The van der Waals surface area contributed by atoms with E-state index in [1.54, 1.807) is 29.7 Å². The van der Waals surface area contributed by atoms with Crippen molar-refractivity contribution in [3.8, 4) is 5.69 Å². The van der Waals surface area contributed by atoms with E-state index in [1.807, 2.05) is 11.5 Å². The number of amides is 1. The minimum absolute atomic E-state index is 0.0342. The lowest BCUT2D eigenvalue weighted by atomic mass is 10.2. The molecule has 0 spiro atoms. The summed E-state index contributed by atoms with van der Waals surface area (Å²) in [7, 11) is 0. The Kier molecular flexibility index (Phi) is 3.69. The maximum absolute atomic E-state index is 11.7. The fourth-order valence-corrected chi connectivity index (χ4v) is 2.01. The van der Waals surface area contributed by atoms with Gasteiger partial charge in [0.2, 0.25) is 0 Å². The summed E-state index contributed by atoms with van der Waals surface area (Å²) < 4.78 is 1.67. The maximum atomic E-state index is 11.7. The lowest BCUT2D eigenvalue weighted by Crippen LogP contribution is -2.34. The minimum atomic E-state index is -0.634. The molecule has 1 amide bonds. The average Bonchev–Trinajstić information content (AvgIpc) is 2.39. The van der Waals surface area contributed by atoms with E-state index in [-0.39, 0.29) is 11.0 Å². The molecule has 0 saturated carbocycles. The van der Waals surface area contributed by atoms with Crippen molar-refractivity contribution in [2.75, 3.05) is 0 Å². The quantitative estimate of drug-likeness (QED) is 0.495. The first kappa shape index (κ1) is 13.3. The van der Waals surface area contributed by atoms with Crippen molar-refractivity contribution in [3.63, 3.8) is 0 Å². The normalized spacial score (nSPS) is 10.3. The van der Waals surface area contributed by atoms with Crippen LogP contribution in [0.15, 0.2) is 41.3 Å². The van der Waals surface area contributed by atoms with Gasteiger partial charge in [0.1, 0.15) is 5.56 Å². The molecule has 0 bridgehead atoms. The van der Waals surface area contributed by atoms with Gasteiger partial charge in [0.15, 0.2) is 5.43 Å². The third kappa shape index (κ3) is 2.52. The highest BCUT2D eigenvalue weighted by molar-refractivity contribution is 6.32. The largest absolute Gasteiger partial charge is 0.319 e. The van der Waals surface area contributed by atoms with E-state index in [0.29, 0.717) is 16.4 Å². The number of carbonyl (C=O) groups excluding carboxylic acids is 1. The van der Waals surface area contributed by atoms with E-state index >= 15 is 0 Å². The number of nitrogens with zero attached hydrogens (tertiary/aromatic N) is 1. The van der Waals surface area contributed by atoms with E-state index < -0.39 is 5.91 Å². The number of hydrazine groups is 1. The molecule has 5 nitrogen and oxygen atoms in total. The second-order valence-electron chi connectivity index (χ2n) is 3.99. The number of pyridine rings is 1. The van der Waals surface area contributed by atoms with Crippen LogP contribution in [-0.2, 0) is 0 Å². The van der Waals surface area contributed by atoms with Gasteiger partial charge in [-0.1, -0.05) is 23.7 Å². The molecular weight excluding hydrogens is 266 g/mol. The summed E-state index contributed by atoms with van der Waals surface area (Å²) in [5, 5.41) is 0.522. The van der Waals surface area contributed by atoms with E-state index in [2.05, 4.69) is 0 Å². The van der Waals surface area contributed by atoms with E-state index in [1.165, 1.54) is 12.3 Å². The Morgan fingerprint density at radius 1 is 1.37 bits per heavy atom. The van der Waals surface area contributed by atoms with Gasteiger partial charge >= 0.3 is 0 Å². The van der Waals surface area contributed by atoms with Gasteiger partial charge in [0, 0.05) is 18.0 Å². The standard InChI is InChI=1S/C13H12ClN3O2/c1-8-6-12(18)9(13(19)16-15)7-17(8)11-5-3-2-4-10(11)14/h2-7H,15H2,1H3,(H,16,19). The number of hydrogen-bond acceptors (Lipinski definition) is 3. The van der Waals surface area contributed by atoms with Gasteiger partial charge in [-0.25, -0.2) is 5.84 Å². The van der Waals surface area contributed by atoms with Gasteiger partial charge in [-0.2, -0.15) is 0 Å². The summed E-state index contributed by atoms with van der Waals surface area (Å²) in [4.78, 5) is 23.3. The van der Waals surface area contributed by atoms with Crippen LogP contribution in [0.5, 0.6) is 0 Å². The van der Waals surface area contributed by atoms with Crippen LogP contribution in [0, 0.1) is 6.92 Å². The fourth-order valence-electron chi connectivity index (χ4n) is 1.79. The molecule has 19 heavy (non-hydrogen) atoms. The van der Waals surface area contributed by atoms with Gasteiger partial charge in [-0.15, -0.1) is 0 Å². The first-order chi connectivity index (χ1) is 9.04. The molecule has 1 aromatic heterocycles. The highest BCUT2D eigenvalue weighted by Crippen LogP contribution is 2.20. The van der Waals surface area contributed by atoms with E-state index in [9.17, 15) is 9.59 Å². The number of halogens is 1. The van der Waals surface area contributed by atoms with Crippen molar-refractivity contribution in [1.82, 2.24) is 9.99 Å². The predicted molar refractivity (Wildman–Crippen MR) is 73.4 cm³/mol.